The summed E-state index contributed by atoms with van der Waals surface area (Å²) >= 11 is 0. The van der Waals surface area contributed by atoms with Crippen molar-refractivity contribution in [3.63, 3.8) is 0 Å². The van der Waals surface area contributed by atoms with Crippen LogP contribution in [0.4, 0.5) is 4.79 Å². The number of nitrogens with zero attached hydrogens (tertiary/aromatic N) is 1. The minimum absolute atomic E-state index is 0.0834. The smallest absolute Gasteiger partial charge is 0.328 e. The maximum absolute atomic E-state index is 11.7. The largest absolute Gasteiger partial charge is 0.480 e. The normalized spacial score (nSPS) is 28.5. The van der Waals surface area contributed by atoms with Gasteiger partial charge in [-0.25, -0.2) is 9.59 Å². The number of carboxylic acid groups (broad SMARTS) is 1. The molecule has 0 aromatic heterocycles. The number of aliphatic hydroxyl groups excluding tert-OH is 1. The van der Waals surface area contributed by atoms with Gasteiger partial charge >= 0.3 is 12.0 Å². The Balaban J connectivity index is 1.72. The molecule has 8 nitrogen and oxygen atoms in total. The molecule has 2 fully saturated rings. The molecule has 2 rings (SSSR count). The molecule has 0 aliphatic carbocycles. The van der Waals surface area contributed by atoms with E-state index in [1.165, 1.54) is 13.3 Å². The van der Waals surface area contributed by atoms with E-state index in [1.54, 1.807) is 0 Å². The van der Waals surface area contributed by atoms with Gasteiger partial charge < -0.3 is 25.6 Å². The number of urea groups is 1. The van der Waals surface area contributed by atoms with E-state index in [4.69, 9.17) is 9.84 Å². The first-order chi connectivity index (χ1) is 9.97. The molecule has 4 atom stereocenters. The SMILES string of the molecule is CC(O)C(NC(=O)NCC1CN2CCCC2CO1)C(=O)O. The van der Waals surface area contributed by atoms with Gasteiger partial charge in [0.25, 0.3) is 0 Å². The van der Waals surface area contributed by atoms with Crippen LogP contribution < -0.4 is 10.6 Å². The lowest BCUT2D eigenvalue weighted by Gasteiger charge is -2.35. The number of aliphatic hydroxyl groups is 1. The molecule has 0 bridgehead atoms. The maximum atomic E-state index is 11.7. The summed E-state index contributed by atoms with van der Waals surface area (Å²) in [6.07, 6.45) is 1.10. The Morgan fingerprint density at radius 3 is 2.90 bits per heavy atom. The van der Waals surface area contributed by atoms with Crippen molar-refractivity contribution < 1.29 is 24.5 Å². The number of hydrogen-bond acceptors (Lipinski definition) is 5. The molecule has 0 spiro atoms. The molecule has 21 heavy (non-hydrogen) atoms. The quantitative estimate of drug-likeness (QED) is 0.517. The summed E-state index contributed by atoms with van der Waals surface area (Å²) in [4.78, 5) is 24.9. The Labute approximate surface area is 123 Å². The van der Waals surface area contributed by atoms with Gasteiger partial charge in [0.05, 0.1) is 18.8 Å². The fraction of sp³-hybridized carbons (Fsp3) is 0.846. The Hall–Kier alpha value is -1.38. The first kappa shape index (κ1) is 16.0. The topological polar surface area (TPSA) is 111 Å². The van der Waals surface area contributed by atoms with E-state index in [2.05, 4.69) is 15.5 Å². The number of ether oxygens (including phenoxy) is 1. The summed E-state index contributed by atoms with van der Waals surface area (Å²) < 4.78 is 5.69. The van der Waals surface area contributed by atoms with Crippen molar-refractivity contribution >= 4 is 12.0 Å². The first-order valence-electron chi connectivity index (χ1n) is 7.28. The number of carboxylic acids is 1. The number of nitrogens with one attached hydrogen (secondary N) is 2. The van der Waals surface area contributed by atoms with Crippen LogP contribution >= 0.6 is 0 Å². The lowest BCUT2D eigenvalue weighted by Crippen LogP contribution is -2.54. The predicted octanol–water partition coefficient (Wildman–Crippen LogP) is -1.02. The Bertz CT molecular complexity index is 390. The van der Waals surface area contributed by atoms with Gasteiger partial charge in [0.15, 0.2) is 6.04 Å². The number of carbonyl (C=O) groups excluding carboxylic acids is 1. The first-order valence-corrected chi connectivity index (χ1v) is 7.28. The van der Waals surface area contributed by atoms with Crippen LogP contribution in [0, 0.1) is 0 Å². The van der Waals surface area contributed by atoms with Crippen molar-refractivity contribution in [2.24, 2.45) is 0 Å². The highest BCUT2D eigenvalue weighted by Gasteiger charge is 2.32. The standard InChI is InChI=1S/C13H23N3O5/c1-8(17)11(12(18)19)15-13(20)14-5-10-6-16-4-2-3-9(16)7-21-10/h8-11,17H,2-7H2,1H3,(H,18,19)(H2,14,15,20). The number of aliphatic carboxylic acids is 1. The second kappa shape index (κ2) is 7.06. The van der Waals surface area contributed by atoms with Crippen LogP contribution in [0.25, 0.3) is 0 Å². The third kappa shape index (κ3) is 4.29. The van der Waals surface area contributed by atoms with E-state index in [9.17, 15) is 14.7 Å². The Morgan fingerprint density at radius 2 is 2.24 bits per heavy atom. The summed E-state index contributed by atoms with van der Waals surface area (Å²) in [6.45, 7) is 4.17. The Kier molecular flexibility index (Phi) is 5.38. The van der Waals surface area contributed by atoms with Gasteiger partial charge in [0.2, 0.25) is 0 Å². The summed E-state index contributed by atoms with van der Waals surface area (Å²) in [5.41, 5.74) is 0. The van der Waals surface area contributed by atoms with Crippen LogP contribution in [0.3, 0.4) is 0 Å². The molecule has 2 heterocycles. The van der Waals surface area contributed by atoms with Crippen molar-refractivity contribution in [3.8, 4) is 0 Å². The third-order valence-corrected chi connectivity index (χ3v) is 3.99. The summed E-state index contributed by atoms with van der Waals surface area (Å²) in [5, 5.41) is 23.0. The van der Waals surface area contributed by atoms with Crippen molar-refractivity contribution in [3.05, 3.63) is 0 Å². The average Bonchev–Trinajstić information content (AvgIpc) is 2.89. The summed E-state index contributed by atoms with van der Waals surface area (Å²) in [7, 11) is 0. The zero-order valence-corrected chi connectivity index (χ0v) is 12.1. The number of carbonyl (C=O) groups is 2. The lowest BCUT2D eigenvalue weighted by atomic mass is 10.2. The van der Waals surface area contributed by atoms with E-state index in [0.717, 1.165) is 19.5 Å². The number of amides is 2. The van der Waals surface area contributed by atoms with E-state index >= 15 is 0 Å². The van der Waals surface area contributed by atoms with Crippen molar-refractivity contribution in [2.75, 3.05) is 26.2 Å². The van der Waals surface area contributed by atoms with E-state index in [0.29, 0.717) is 19.2 Å². The molecular formula is C13H23N3O5. The van der Waals surface area contributed by atoms with E-state index < -0.39 is 24.1 Å². The predicted molar refractivity (Wildman–Crippen MR) is 74.0 cm³/mol. The number of morpholine rings is 1. The molecule has 0 radical (unpaired) electrons. The fourth-order valence-corrected chi connectivity index (χ4v) is 2.80. The monoisotopic (exact) mass is 301 g/mol. The third-order valence-electron chi connectivity index (χ3n) is 3.99. The minimum Gasteiger partial charge on any atom is -0.480 e. The molecule has 4 N–H and O–H groups in total. The second-order valence-corrected chi connectivity index (χ2v) is 5.66. The van der Waals surface area contributed by atoms with Gasteiger partial charge in [-0.15, -0.1) is 0 Å². The molecule has 0 saturated carbocycles. The molecule has 0 aromatic rings. The van der Waals surface area contributed by atoms with Crippen molar-refractivity contribution in [1.29, 1.82) is 0 Å². The highest BCUT2D eigenvalue weighted by molar-refractivity contribution is 5.82. The summed E-state index contributed by atoms with van der Waals surface area (Å²) in [6, 6.07) is -1.43. The fourth-order valence-electron chi connectivity index (χ4n) is 2.80. The number of hydrogen-bond donors (Lipinski definition) is 4. The number of fused-ring (bicyclic) bond motifs is 1. The van der Waals surface area contributed by atoms with Crippen LogP contribution in [-0.4, -0.2) is 77.6 Å². The molecule has 2 aliphatic heterocycles. The second-order valence-electron chi connectivity index (χ2n) is 5.66. The van der Waals surface area contributed by atoms with Gasteiger partial charge in [0.1, 0.15) is 0 Å². The zero-order chi connectivity index (χ0) is 15.4. The highest BCUT2D eigenvalue weighted by Crippen LogP contribution is 2.22. The van der Waals surface area contributed by atoms with Crippen LogP contribution in [0.2, 0.25) is 0 Å². The molecule has 2 amide bonds. The minimum atomic E-state index is -1.32. The lowest BCUT2D eigenvalue weighted by molar-refractivity contribution is -0.141. The molecule has 8 heteroatoms. The van der Waals surface area contributed by atoms with Crippen molar-refractivity contribution in [1.82, 2.24) is 15.5 Å². The van der Waals surface area contributed by atoms with Crippen LogP contribution in [0.15, 0.2) is 0 Å². The van der Waals surface area contributed by atoms with Crippen molar-refractivity contribution in [2.45, 2.75) is 44.1 Å². The average molecular weight is 301 g/mol. The van der Waals surface area contributed by atoms with Crippen LogP contribution in [0.5, 0.6) is 0 Å². The van der Waals surface area contributed by atoms with Crippen LogP contribution in [0.1, 0.15) is 19.8 Å². The van der Waals surface area contributed by atoms with Gasteiger partial charge in [-0.1, -0.05) is 0 Å². The summed E-state index contributed by atoms with van der Waals surface area (Å²) in [5.74, 6) is -1.27. The van der Waals surface area contributed by atoms with Gasteiger partial charge in [-0.05, 0) is 26.3 Å². The molecular weight excluding hydrogens is 278 g/mol. The molecule has 2 aliphatic rings. The molecule has 120 valence electrons. The Morgan fingerprint density at radius 1 is 1.48 bits per heavy atom. The van der Waals surface area contributed by atoms with Gasteiger partial charge in [0, 0.05) is 19.1 Å². The number of rotatable bonds is 5. The zero-order valence-electron chi connectivity index (χ0n) is 12.1. The molecule has 4 unspecified atom stereocenters. The van der Waals surface area contributed by atoms with E-state index in [1.807, 2.05) is 0 Å². The van der Waals surface area contributed by atoms with Crippen LogP contribution in [-0.2, 0) is 9.53 Å². The van der Waals surface area contributed by atoms with E-state index in [-0.39, 0.29) is 6.10 Å². The van der Waals surface area contributed by atoms with Gasteiger partial charge in [-0.2, -0.15) is 0 Å². The molecule has 2 saturated heterocycles. The molecule has 0 aromatic carbocycles. The maximum Gasteiger partial charge on any atom is 0.328 e. The highest BCUT2D eigenvalue weighted by atomic mass is 16.5. The van der Waals surface area contributed by atoms with Gasteiger partial charge in [-0.3, -0.25) is 4.90 Å².